The molecule has 13 heteroatoms. The van der Waals surface area contributed by atoms with Gasteiger partial charge in [-0.2, -0.15) is 0 Å². The fourth-order valence-corrected chi connectivity index (χ4v) is 7.90. The van der Waals surface area contributed by atoms with Crippen molar-refractivity contribution in [3.63, 3.8) is 0 Å². The first-order valence-electron chi connectivity index (χ1n) is 19.7. The number of ether oxygens (including phenoxy) is 2. The summed E-state index contributed by atoms with van der Waals surface area (Å²) >= 11 is 0. The Labute approximate surface area is 325 Å². The van der Waals surface area contributed by atoms with Gasteiger partial charge in [-0.1, -0.05) is 18.2 Å². The molecule has 290 valence electrons. The lowest BCUT2D eigenvalue weighted by molar-refractivity contribution is -0.136. The van der Waals surface area contributed by atoms with E-state index in [0.717, 1.165) is 116 Å². The maximum Gasteiger partial charge on any atom is 0.262 e. The third-order valence-electron chi connectivity index (χ3n) is 11.1. The first-order valence-corrected chi connectivity index (χ1v) is 19.7. The summed E-state index contributed by atoms with van der Waals surface area (Å²) in [6, 6.07) is 16.7. The van der Waals surface area contributed by atoms with E-state index in [4.69, 9.17) is 14.5 Å². The van der Waals surface area contributed by atoms with E-state index >= 15 is 0 Å². The molecule has 6 heterocycles. The van der Waals surface area contributed by atoms with Gasteiger partial charge >= 0.3 is 0 Å². The summed E-state index contributed by atoms with van der Waals surface area (Å²) in [5, 5.41) is 4.54. The lowest BCUT2D eigenvalue weighted by Crippen LogP contribution is -2.54. The zero-order valence-electron chi connectivity index (χ0n) is 31.5. The monoisotopic (exact) mass is 757 g/mol. The van der Waals surface area contributed by atoms with Crippen LogP contribution in [-0.4, -0.2) is 118 Å². The smallest absolute Gasteiger partial charge is 0.262 e. The molecule has 2 aromatic carbocycles. The highest BCUT2D eigenvalue weighted by molar-refractivity contribution is 6.23. The number of piperazine rings is 1. The van der Waals surface area contributed by atoms with Crippen molar-refractivity contribution in [2.45, 2.75) is 51.0 Å². The number of rotatable bonds is 16. The van der Waals surface area contributed by atoms with Crippen molar-refractivity contribution in [3.8, 4) is 16.9 Å². The van der Waals surface area contributed by atoms with Crippen LogP contribution in [0, 0.1) is 0 Å². The van der Waals surface area contributed by atoms with Gasteiger partial charge in [-0.15, -0.1) is 0 Å². The van der Waals surface area contributed by atoms with Crippen LogP contribution in [0.15, 0.2) is 73.2 Å². The van der Waals surface area contributed by atoms with Crippen LogP contribution in [-0.2, 0) is 20.7 Å². The Hall–Kier alpha value is -5.50. The van der Waals surface area contributed by atoms with E-state index in [2.05, 4.69) is 55.4 Å². The van der Waals surface area contributed by atoms with Crippen LogP contribution in [0.25, 0.3) is 32.9 Å². The molecule has 56 heavy (non-hydrogen) atoms. The number of piperidine rings is 1. The third-order valence-corrected chi connectivity index (χ3v) is 11.1. The Bertz CT molecular complexity index is 2230. The van der Waals surface area contributed by atoms with Crippen molar-refractivity contribution in [2.24, 2.45) is 0 Å². The summed E-state index contributed by atoms with van der Waals surface area (Å²) in [6.07, 6.45) is 10.7. The SMILES string of the molecule is O=C1CCC(N2C(=O)c3ccc(OCCCCCOCCN4CCN(CCCc5ccc(-c6ccc7c(c6)[nH]c6ccncc67)cn5)CC4)cc3C2=O)C(=O)N1. The van der Waals surface area contributed by atoms with Gasteiger partial charge < -0.3 is 19.4 Å². The number of benzene rings is 2. The second kappa shape index (κ2) is 17.1. The number of aromatic nitrogens is 3. The van der Waals surface area contributed by atoms with E-state index in [0.29, 0.717) is 19.0 Å². The van der Waals surface area contributed by atoms with Gasteiger partial charge in [0.15, 0.2) is 0 Å². The van der Waals surface area contributed by atoms with E-state index < -0.39 is 29.7 Å². The van der Waals surface area contributed by atoms with E-state index in [1.807, 2.05) is 24.7 Å². The molecule has 1 unspecified atom stereocenters. The minimum Gasteiger partial charge on any atom is -0.494 e. The number of pyridine rings is 2. The van der Waals surface area contributed by atoms with Gasteiger partial charge in [-0.05, 0) is 87.0 Å². The second-order valence-electron chi connectivity index (χ2n) is 14.8. The van der Waals surface area contributed by atoms with Crippen molar-refractivity contribution in [1.82, 2.24) is 35.0 Å². The van der Waals surface area contributed by atoms with Crippen LogP contribution in [0.3, 0.4) is 0 Å². The maximum absolute atomic E-state index is 13.0. The normalized spacial score (nSPS) is 17.9. The molecule has 2 fully saturated rings. The number of carbonyl (C=O) groups is 4. The number of nitrogens with one attached hydrogen (secondary N) is 2. The zero-order valence-corrected chi connectivity index (χ0v) is 31.5. The number of H-pyrrole nitrogens is 1. The standard InChI is InChI=1S/C43H47N7O6/c51-40-13-12-39(41(52)47-40)50-42(53)34-11-9-32(26-35(34)43(50)54)56-23-3-1-2-22-55-24-21-49-19-17-48(18-20-49)16-4-5-31-8-6-30(27-45-31)29-7-10-33-36-28-44-15-14-37(36)46-38(33)25-29/h6-11,14-15,25-28,39,46H,1-5,12-13,16-24H2,(H,47,51,52). The molecule has 8 rings (SSSR count). The lowest BCUT2D eigenvalue weighted by atomic mass is 10.0. The molecule has 5 aromatic rings. The molecule has 1 atom stereocenters. The molecule has 0 aliphatic carbocycles. The van der Waals surface area contributed by atoms with E-state index in [9.17, 15) is 19.2 Å². The Kier molecular flexibility index (Phi) is 11.4. The minimum absolute atomic E-state index is 0.0870. The van der Waals surface area contributed by atoms with Crippen molar-refractivity contribution >= 4 is 45.4 Å². The van der Waals surface area contributed by atoms with Crippen molar-refractivity contribution in [1.29, 1.82) is 0 Å². The zero-order chi connectivity index (χ0) is 38.4. The molecule has 3 aromatic heterocycles. The van der Waals surface area contributed by atoms with Gasteiger partial charge in [0.2, 0.25) is 11.8 Å². The quantitative estimate of drug-likeness (QED) is 0.104. The average Bonchev–Trinajstić information content (AvgIpc) is 3.71. The molecule has 3 aliphatic heterocycles. The first kappa shape index (κ1) is 37.4. The lowest BCUT2D eigenvalue weighted by Gasteiger charge is -2.34. The summed E-state index contributed by atoms with van der Waals surface area (Å²) in [5.41, 5.74) is 6.08. The van der Waals surface area contributed by atoms with E-state index in [1.54, 1.807) is 18.2 Å². The number of unbranched alkanes of at least 4 members (excludes halogenated alkanes) is 2. The molecular weight excluding hydrogens is 711 g/mol. The van der Waals surface area contributed by atoms with Crippen LogP contribution >= 0.6 is 0 Å². The predicted molar refractivity (Wildman–Crippen MR) is 211 cm³/mol. The fraction of sp³-hybridized carbons (Fsp3) is 0.395. The Morgan fingerprint density at radius 2 is 1.52 bits per heavy atom. The molecule has 0 saturated carbocycles. The molecule has 4 amide bonds. The molecule has 13 nitrogen and oxygen atoms in total. The van der Waals surface area contributed by atoms with Crippen molar-refractivity contribution in [2.75, 3.05) is 59.1 Å². The number of imide groups is 2. The number of nitrogens with zero attached hydrogens (tertiary/aromatic N) is 5. The summed E-state index contributed by atoms with van der Waals surface area (Å²) in [6.45, 7) is 8.20. The highest BCUT2D eigenvalue weighted by Crippen LogP contribution is 2.31. The van der Waals surface area contributed by atoms with Crippen LogP contribution in [0.2, 0.25) is 0 Å². The fourth-order valence-electron chi connectivity index (χ4n) is 7.90. The van der Waals surface area contributed by atoms with Crippen LogP contribution < -0.4 is 10.1 Å². The summed E-state index contributed by atoms with van der Waals surface area (Å²) in [5.74, 6) is -1.57. The van der Waals surface area contributed by atoms with Crippen LogP contribution in [0.4, 0.5) is 0 Å². The number of aryl methyl sites for hydroxylation is 1. The first-order chi connectivity index (χ1) is 27.4. The Balaban J connectivity index is 0.662. The Morgan fingerprint density at radius 3 is 2.34 bits per heavy atom. The third kappa shape index (κ3) is 8.35. The highest BCUT2D eigenvalue weighted by Gasteiger charge is 2.44. The van der Waals surface area contributed by atoms with Gasteiger partial charge in [-0.3, -0.25) is 44.3 Å². The largest absolute Gasteiger partial charge is 0.494 e. The second-order valence-corrected chi connectivity index (χ2v) is 14.8. The molecule has 3 aliphatic rings. The number of carbonyl (C=O) groups excluding carboxylic acids is 4. The summed E-state index contributed by atoms with van der Waals surface area (Å²) in [7, 11) is 0. The number of hydrogen-bond donors (Lipinski definition) is 2. The molecule has 0 radical (unpaired) electrons. The van der Waals surface area contributed by atoms with Crippen molar-refractivity contribution < 1.29 is 28.7 Å². The number of aromatic amines is 1. The van der Waals surface area contributed by atoms with Gasteiger partial charge in [0.05, 0.1) is 24.3 Å². The van der Waals surface area contributed by atoms with E-state index in [-0.39, 0.29) is 24.0 Å². The van der Waals surface area contributed by atoms with Crippen LogP contribution in [0.1, 0.15) is 64.9 Å². The number of hydrogen-bond acceptors (Lipinski definition) is 10. The van der Waals surface area contributed by atoms with E-state index in [1.165, 1.54) is 5.39 Å². The molecule has 2 N–H and O–H groups in total. The summed E-state index contributed by atoms with van der Waals surface area (Å²) < 4.78 is 11.8. The number of amides is 4. The number of fused-ring (bicyclic) bond motifs is 4. The Morgan fingerprint density at radius 1 is 0.714 bits per heavy atom. The van der Waals surface area contributed by atoms with Gasteiger partial charge in [0, 0.05) is 97.4 Å². The maximum atomic E-state index is 13.0. The highest BCUT2D eigenvalue weighted by atomic mass is 16.5. The minimum atomic E-state index is -0.981. The van der Waals surface area contributed by atoms with Gasteiger partial charge in [0.25, 0.3) is 11.8 Å². The predicted octanol–water partition coefficient (Wildman–Crippen LogP) is 5.00. The summed E-state index contributed by atoms with van der Waals surface area (Å²) in [4.78, 5) is 68.2. The van der Waals surface area contributed by atoms with Gasteiger partial charge in [0.1, 0.15) is 11.8 Å². The molecule has 2 saturated heterocycles. The average molecular weight is 758 g/mol. The molecular formula is C43H47N7O6. The molecule has 0 bridgehead atoms. The van der Waals surface area contributed by atoms with Crippen molar-refractivity contribution in [3.05, 3.63) is 90.0 Å². The topological polar surface area (TPSA) is 150 Å². The molecule has 0 spiro atoms. The van der Waals surface area contributed by atoms with Crippen LogP contribution in [0.5, 0.6) is 5.75 Å². The van der Waals surface area contributed by atoms with Gasteiger partial charge in [-0.25, -0.2) is 0 Å².